The number of nitrogens with two attached hydrogens (primary N) is 1. The van der Waals surface area contributed by atoms with Crippen molar-refractivity contribution in [2.75, 3.05) is 0 Å². The summed E-state index contributed by atoms with van der Waals surface area (Å²) in [6, 6.07) is 4.60. The normalized spacial score (nSPS) is 9.42. The summed E-state index contributed by atoms with van der Waals surface area (Å²) in [6.07, 6.45) is 0. The third-order valence-corrected chi connectivity index (χ3v) is 1.43. The number of amides is 2. The fourth-order valence-corrected chi connectivity index (χ4v) is 0.908. The van der Waals surface area contributed by atoms with Crippen molar-refractivity contribution < 1.29 is 4.79 Å². The quantitative estimate of drug-likeness (QED) is 0.673. The molecule has 0 saturated carbocycles. The molecule has 1 aromatic rings. The van der Waals surface area contributed by atoms with Crippen molar-refractivity contribution in [3.63, 3.8) is 0 Å². The number of pyridine rings is 1. The summed E-state index contributed by atoms with van der Waals surface area (Å²) < 4.78 is 0. The number of hydrogen-bond acceptors (Lipinski definition) is 2. The molecule has 0 saturated heterocycles. The van der Waals surface area contributed by atoms with Gasteiger partial charge >= 0.3 is 6.03 Å². The molecule has 0 aromatic carbocycles. The summed E-state index contributed by atoms with van der Waals surface area (Å²) in [4.78, 5) is 14.2. The highest BCUT2D eigenvalue weighted by Gasteiger charge is 1.96. The molecule has 0 aliphatic rings. The van der Waals surface area contributed by atoms with Gasteiger partial charge in [0.25, 0.3) is 0 Å². The topological polar surface area (TPSA) is 68.0 Å². The summed E-state index contributed by atoms with van der Waals surface area (Å²) in [5, 5.41) is 2.81. The third kappa shape index (κ3) is 2.75. The predicted octanol–water partition coefficient (Wildman–Crippen LogP) is 0.903. The Balaban J connectivity index is 2.57. The maximum absolute atomic E-state index is 10.3. The van der Waals surface area contributed by atoms with E-state index in [-0.39, 0.29) is 0 Å². The Hall–Kier alpha value is -1.29. The number of rotatable bonds is 2. The first-order valence-electron chi connectivity index (χ1n) is 3.33. The second-order valence-electron chi connectivity index (χ2n) is 2.17. The Labute approximate surface area is 74.7 Å². The fraction of sp³-hybridized carbons (Fsp3) is 0.143. The van der Waals surface area contributed by atoms with Crippen LogP contribution in [-0.4, -0.2) is 11.0 Å². The Morgan fingerprint density at radius 1 is 1.67 bits per heavy atom. The first kappa shape index (κ1) is 8.80. The monoisotopic (exact) mass is 185 g/mol. The van der Waals surface area contributed by atoms with Crippen LogP contribution in [0.1, 0.15) is 5.69 Å². The highest BCUT2D eigenvalue weighted by Crippen LogP contribution is 2.04. The van der Waals surface area contributed by atoms with E-state index < -0.39 is 6.03 Å². The van der Waals surface area contributed by atoms with Crippen LogP contribution in [0.15, 0.2) is 18.2 Å². The van der Waals surface area contributed by atoms with Gasteiger partial charge in [0.15, 0.2) is 0 Å². The van der Waals surface area contributed by atoms with E-state index in [1.54, 1.807) is 18.2 Å². The molecule has 0 aliphatic carbocycles. The minimum Gasteiger partial charge on any atom is -0.352 e. The highest BCUT2D eigenvalue weighted by atomic mass is 35.5. The average molecular weight is 186 g/mol. The van der Waals surface area contributed by atoms with Crippen molar-refractivity contribution >= 4 is 17.6 Å². The van der Waals surface area contributed by atoms with Crippen LogP contribution in [0.5, 0.6) is 0 Å². The lowest BCUT2D eigenvalue weighted by molar-refractivity contribution is 0.248. The summed E-state index contributed by atoms with van der Waals surface area (Å²) in [5.74, 6) is 0. The van der Waals surface area contributed by atoms with Crippen LogP contribution in [0, 0.1) is 0 Å². The molecule has 4 nitrogen and oxygen atoms in total. The van der Waals surface area contributed by atoms with Crippen molar-refractivity contribution in [3.8, 4) is 0 Å². The van der Waals surface area contributed by atoms with Crippen molar-refractivity contribution in [1.82, 2.24) is 10.3 Å². The number of carbonyl (C=O) groups is 1. The number of halogens is 1. The summed E-state index contributed by atoms with van der Waals surface area (Å²) in [7, 11) is 0. The number of nitrogens with zero attached hydrogens (tertiary/aromatic N) is 1. The molecule has 2 amide bonds. The minimum atomic E-state index is -0.572. The zero-order valence-corrected chi connectivity index (χ0v) is 7.01. The first-order chi connectivity index (χ1) is 5.68. The van der Waals surface area contributed by atoms with E-state index in [9.17, 15) is 4.79 Å². The zero-order valence-electron chi connectivity index (χ0n) is 6.25. The van der Waals surface area contributed by atoms with Gasteiger partial charge in [0.2, 0.25) is 0 Å². The van der Waals surface area contributed by atoms with Crippen LogP contribution in [0.2, 0.25) is 5.15 Å². The molecule has 0 bridgehead atoms. The summed E-state index contributed by atoms with van der Waals surface area (Å²) >= 11 is 5.61. The molecule has 1 heterocycles. The second-order valence-corrected chi connectivity index (χ2v) is 2.56. The van der Waals surface area contributed by atoms with Gasteiger partial charge in [0, 0.05) is 0 Å². The van der Waals surface area contributed by atoms with Crippen LogP contribution in [0.4, 0.5) is 4.79 Å². The second kappa shape index (κ2) is 3.92. The van der Waals surface area contributed by atoms with Gasteiger partial charge in [0.05, 0.1) is 12.2 Å². The Morgan fingerprint density at radius 3 is 3.00 bits per heavy atom. The molecule has 64 valence electrons. The number of hydrogen-bond donors (Lipinski definition) is 2. The van der Waals surface area contributed by atoms with E-state index in [4.69, 9.17) is 17.3 Å². The first-order valence-corrected chi connectivity index (χ1v) is 3.71. The molecular formula is C7H8ClN3O. The number of carbonyl (C=O) groups excluding carboxylic acids is 1. The van der Waals surface area contributed by atoms with Gasteiger partial charge in [-0.2, -0.15) is 0 Å². The van der Waals surface area contributed by atoms with Crippen molar-refractivity contribution in [1.29, 1.82) is 0 Å². The molecule has 1 aromatic heterocycles. The molecule has 5 heteroatoms. The lowest BCUT2D eigenvalue weighted by Crippen LogP contribution is -2.28. The minimum absolute atomic E-state index is 0.301. The largest absolute Gasteiger partial charge is 0.352 e. The van der Waals surface area contributed by atoms with E-state index in [0.717, 1.165) is 0 Å². The maximum Gasteiger partial charge on any atom is 0.312 e. The van der Waals surface area contributed by atoms with Gasteiger partial charge in [0.1, 0.15) is 5.15 Å². The lowest BCUT2D eigenvalue weighted by atomic mass is 10.3. The SMILES string of the molecule is NC(=O)NCc1cccc(Cl)n1. The molecule has 0 fully saturated rings. The molecule has 1 rings (SSSR count). The predicted molar refractivity (Wildman–Crippen MR) is 45.7 cm³/mol. The van der Waals surface area contributed by atoms with Gasteiger partial charge in [-0.15, -0.1) is 0 Å². The average Bonchev–Trinajstić information content (AvgIpc) is 2.01. The van der Waals surface area contributed by atoms with E-state index in [0.29, 0.717) is 17.4 Å². The molecule has 0 atom stereocenters. The zero-order chi connectivity index (χ0) is 8.97. The van der Waals surface area contributed by atoms with Gasteiger partial charge in [-0.3, -0.25) is 0 Å². The third-order valence-electron chi connectivity index (χ3n) is 1.22. The highest BCUT2D eigenvalue weighted by molar-refractivity contribution is 6.29. The smallest absolute Gasteiger partial charge is 0.312 e. The van der Waals surface area contributed by atoms with E-state index in [1.807, 2.05) is 0 Å². The summed E-state index contributed by atoms with van der Waals surface area (Å²) in [5.41, 5.74) is 5.55. The van der Waals surface area contributed by atoms with Gasteiger partial charge in [-0.1, -0.05) is 17.7 Å². The Kier molecular flexibility index (Phi) is 2.88. The molecular weight excluding hydrogens is 178 g/mol. The van der Waals surface area contributed by atoms with Crippen molar-refractivity contribution in [2.45, 2.75) is 6.54 Å². The number of primary amides is 1. The van der Waals surface area contributed by atoms with Crippen LogP contribution in [0.25, 0.3) is 0 Å². The number of urea groups is 1. The summed E-state index contributed by atoms with van der Waals surface area (Å²) in [6.45, 7) is 0.301. The molecule has 12 heavy (non-hydrogen) atoms. The van der Waals surface area contributed by atoms with Crippen molar-refractivity contribution in [2.24, 2.45) is 5.73 Å². The van der Waals surface area contributed by atoms with Crippen LogP contribution >= 0.6 is 11.6 Å². The lowest BCUT2D eigenvalue weighted by Gasteiger charge is -2.00. The van der Waals surface area contributed by atoms with E-state index in [1.165, 1.54) is 0 Å². The van der Waals surface area contributed by atoms with E-state index in [2.05, 4.69) is 10.3 Å². The number of aromatic nitrogens is 1. The number of nitrogens with one attached hydrogen (secondary N) is 1. The van der Waals surface area contributed by atoms with Crippen molar-refractivity contribution in [3.05, 3.63) is 29.0 Å². The molecule has 3 N–H and O–H groups in total. The van der Waals surface area contributed by atoms with Crippen LogP contribution in [-0.2, 0) is 6.54 Å². The van der Waals surface area contributed by atoms with Gasteiger partial charge < -0.3 is 11.1 Å². The Bertz CT molecular complexity index is 290. The fourth-order valence-electron chi connectivity index (χ4n) is 0.726. The Morgan fingerprint density at radius 2 is 2.42 bits per heavy atom. The molecule has 0 spiro atoms. The van der Waals surface area contributed by atoms with E-state index >= 15 is 0 Å². The molecule has 0 aliphatic heterocycles. The van der Waals surface area contributed by atoms with Gasteiger partial charge in [-0.05, 0) is 12.1 Å². The standard InChI is InChI=1S/C7H8ClN3O/c8-6-3-1-2-5(11-6)4-10-7(9)12/h1-3H,4H2,(H3,9,10,12). The molecule has 0 radical (unpaired) electrons. The van der Waals surface area contributed by atoms with Gasteiger partial charge in [-0.25, -0.2) is 9.78 Å². The van der Waals surface area contributed by atoms with Crippen LogP contribution < -0.4 is 11.1 Å². The molecule has 0 unspecified atom stereocenters. The maximum atomic E-state index is 10.3. The van der Waals surface area contributed by atoms with Crippen LogP contribution in [0.3, 0.4) is 0 Å².